The van der Waals surface area contributed by atoms with Gasteiger partial charge in [0.05, 0.1) is 0 Å². The molecular formula is C19H29N3O. The molecule has 1 saturated heterocycles. The zero-order valence-electron chi connectivity index (χ0n) is 14.5. The Morgan fingerprint density at radius 2 is 1.78 bits per heavy atom. The molecule has 0 bridgehead atoms. The number of pyridine rings is 1. The van der Waals surface area contributed by atoms with Crippen molar-refractivity contribution in [1.82, 2.24) is 14.8 Å². The van der Waals surface area contributed by atoms with E-state index in [-0.39, 0.29) is 5.92 Å². The molecule has 2 rings (SSSR count). The van der Waals surface area contributed by atoms with Gasteiger partial charge < -0.3 is 9.80 Å². The predicted molar refractivity (Wildman–Crippen MR) is 94.7 cm³/mol. The van der Waals surface area contributed by atoms with Crippen molar-refractivity contribution in [3.8, 4) is 0 Å². The number of piperidine rings is 1. The topological polar surface area (TPSA) is 36.4 Å². The number of carbonyl (C=O) groups excluding carboxylic acids is 1. The van der Waals surface area contributed by atoms with E-state index in [2.05, 4.69) is 35.2 Å². The summed E-state index contributed by atoms with van der Waals surface area (Å²) >= 11 is 0. The first-order valence-corrected chi connectivity index (χ1v) is 8.80. The molecule has 1 aromatic rings. The molecule has 126 valence electrons. The number of rotatable bonds is 7. The summed E-state index contributed by atoms with van der Waals surface area (Å²) in [5.41, 5.74) is 2.15. The molecular weight excluding hydrogens is 286 g/mol. The molecule has 0 saturated carbocycles. The molecule has 2 heterocycles. The first-order valence-electron chi connectivity index (χ1n) is 8.80. The lowest BCUT2D eigenvalue weighted by atomic mass is 9.94. The zero-order chi connectivity index (χ0) is 16.7. The van der Waals surface area contributed by atoms with Crippen molar-refractivity contribution in [2.24, 2.45) is 5.92 Å². The van der Waals surface area contributed by atoms with E-state index in [1.165, 1.54) is 0 Å². The highest BCUT2D eigenvalue weighted by molar-refractivity contribution is 5.79. The second kappa shape index (κ2) is 8.70. The fourth-order valence-electron chi connectivity index (χ4n) is 3.25. The predicted octanol–water partition coefficient (Wildman–Crippen LogP) is 3.41. The monoisotopic (exact) mass is 315 g/mol. The van der Waals surface area contributed by atoms with E-state index in [0.29, 0.717) is 5.91 Å². The van der Waals surface area contributed by atoms with Crippen LogP contribution in [0, 0.1) is 5.92 Å². The summed E-state index contributed by atoms with van der Waals surface area (Å²) in [6.45, 7) is 12.1. The minimum Gasteiger partial charge on any atom is -0.371 e. The van der Waals surface area contributed by atoms with Crippen LogP contribution in [0.15, 0.2) is 31.1 Å². The van der Waals surface area contributed by atoms with E-state index in [1.54, 1.807) is 12.4 Å². The van der Waals surface area contributed by atoms with Crippen LogP contribution in [0.3, 0.4) is 0 Å². The van der Waals surface area contributed by atoms with Crippen molar-refractivity contribution < 1.29 is 4.79 Å². The Morgan fingerprint density at radius 3 is 2.30 bits per heavy atom. The molecule has 0 N–H and O–H groups in total. The van der Waals surface area contributed by atoms with Crippen LogP contribution in [0.2, 0.25) is 0 Å². The summed E-state index contributed by atoms with van der Waals surface area (Å²) in [6, 6.07) is 3.98. The summed E-state index contributed by atoms with van der Waals surface area (Å²) in [4.78, 5) is 21.1. The maximum atomic E-state index is 12.7. The second-order valence-corrected chi connectivity index (χ2v) is 6.27. The third-order valence-corrected chi connectivity index (χ3v) is 4.54. The summed E-state index contributed by atoms with van der Waals surface area (Å²) in [5.74, 6) is 0.525. The van der Waals surface area contributed by atoms with E-state index < -0.39 is 0 Å². The highest BCUT2D eigenvalue weighted by Gasteiger charge is 2.28. The van der Waals surface area contributed by atoms with Crippen LogP contribution in [0.5, 0.6) is 0 Å². The lowest BCUT2D eigenvalue weighted by Crippen LogP contribution is -2.42. The Hall–Kier alpha value is -1.84. The molecule has 0 radical (unpaired) electrons. The second-order valence-electron chi connectivity index (χ2n) is 6.27. The van der Waals surface area contributed by atoms with Crippen molar-refractivity contribution in [1.29, 1.82) is 0 Å². The molecule has 4 heteroatoms. The minimum absolute atomic E-state index is 0.176. The SMILES string of the molecule is C=C(c1ccncc1)N1CCC(C(=O)N(CCC)CCC)CC1. The van der Waals surface area contributed by atoms with Gasteiger partial charge in [0.1, 0.15) is 0 Å². The Labute approximate surface area is 140 Å². The lowest BCUT2D eigenvalue weighted by molar-refractivity contribution is -0.136. The lowest BCUT2D eigenvalue weighted by Gasteiger charge is -2.36. The van der Waals surface area contributed by atoms with Gasteiger partial charge in [-0.2, -0.15) is 0 Å². The van der Waals surface area contributed by atoms with Crippen LogP contribution in [0.25, 0.3) is 5.70 Å². The molecule has 0 aliphatic carbocycles. The first-order chi connectivity index (χ1) is 11.2. The van der Waals surface area contributed by atoms with E-state index in [9.17, 15) is 4.79 Å². The number of hydrogen-bond donors (Lipinski definition) is 0. The maximum absolute atomic E-state index is 12.7. The molecule has 23 heavy (non-hydrogen) atoms. The average Bonchev–Trinajstić information content (AvgIpc) is 2.61. The average molecular weight is 315 g/mol. The number of carbonyl (C=O) groups is 1. The van der Waals surface area contributed by atoms with Gasteiger partial charge in [-0.25, -0.2) is 0 Å². The minimum atomic E-state index is 0.176. The summed E-state index contributed by atoms with van der Waals surface area (Å²) in [6.07, 6.45) is 7.50. The molecule has 0 atom stereocenters. The molecule has 4 nitrogen and oxygen atoms in total. The van der Waals surface area contributed by atoms with Gasteiger partial charge in [-0.15, -0.1) is 0 Å². The molecule has 1 aliphatic heterocycles. The van der Waals surface area contributed by atoms with Crippen LogP contribution in [0.1, 0.15) is 45.1 Å². The van der Waals surface area contributed by atoms with Gasteiger partial charge in [0.25, 0.3) is 0 Å². The third-order valence-electron chi connectivity index (χ3n) is 4.54. The number of amides is 1. The van der Waals surface area contributed by atoms with Gasteiger partial charge in [-0.3, -0.25) is 9.78 Å². The first kappa shape index (κ1) is 17.5. The Balaban J connectivity index is 1.90. The Kier molecular flexibility index (Phi) is 6.63. The Bertz CT molecular complexity index is 501. The van der Waals surface area contributed by atoms with Crippen LogP contribution >= 0.6 is 0 Å². The smallest absolute Gasteiger partial charge is 0.225 e. The van der Waals surface area contributed by atoms with Crippen LogP contribution in [0.4, 0.5) is 0 Å². The van der Waals surface area contributed by atoms with Gasteiger partial charge in [-0.1, -0.05) is 20.4 Å². The van der Waals surface area contributed by atoms with Gasteiger partial charge in [-0.05, 0) is 37.8 Å². The van der Waals surface area contributed by atoms with Gasteiger partial charge in [0, 0.05) is 55.8 Å². The highest BCUT2D eigenvalue weighted by Crippen LogP contribution is 2.26. The molecule has 0 unspecified atom stereocenters. The molecule has 1 aliphatic rings. The number of nitrogens with zero attached hydrogens (tertiary/aromatic N) is 3. The molecule has 1 fully saturated rings. The fourth-order valence-corrected chi connectivity index (χ4v) is 3.25. The van der Waals surface area contributed by atoms with Crippen molar-refractivity contribution in [2.75, 3.05) is 26.2 Å². The highest BCUT2D eigenvalue weighted by atomic mass is 16.2. The van der Waals surface area contributed by atoms with Crippen molar-refractivity contribution in [3.05, 3.63) is 36.7 Å². The van der Waals surface area contributed by atoms with E-state index in [4.69, 9.17) is 0 Å². The third kappa shape index (κ3) is 4.57. The zero-order valence-corrected chi connectivity index (χ0v) is 14.5. The van der Waals surface area contributed by atoms with Crippen molar-refractivity contribution >= 4 is 11.6 Å². The van der Waals surface area contributed by atoms with Crippen molar-refractivity contribution in [3.63, 3.8) is 0 Å². The van der Waals surface area contributed by atoms with Crippen LogP contribution in [-0.2, 0) is 4.79 Å². The maximum Gasteiger partial charge on any atom is 0.225 e. The van der Waals surface area contributed by atoms with Crippen LogP contribution in [-0.4, -0.2) is 46.9 Å². The molecule has 0 spiro atoms. The van der Waals surface area contributed by atoms with Gasteiger partial charge >= 0.3 is 0 Å². The van der Waals surface area contributed by atoms with Gasteiger partial charge in [0.2, 0.25) is 5.91 Å². The largest absolute Gasteiger partial charge is 0.371 e. The van der Waals surface area contributed by atoms with Crippen LogP contribution < -0.4 is 0 Å². The number of aromatic nitrogens is 1. The summed E-state index contributed by atoms with van der Waals surface area (Å²) in [5, 5.41) is 0. The van der Waals surface area contributed by atoms with E-state index in [0.717, 1.165) is 63.1 Å². The normalized spacial score (nSPS) is 15.5. The van der Waals surface area contributed by atoms with Crippen molar-refractivity contribution in [2.45, 2.75) is 39.5 Å². The molecule has 1 amide bonds. The van der Waals surface area contributed by atoms with Gasteiger partial charge in [0.15, 0.2) is 0 Å². The van der Waals surface area contributed by atoms with E-state index in [1.807, 2.05) is 12.1 Å². The Morgan fingerprint density at radius 1 is 1.22 bits per heavy atom. The number of likely N-dealkylation sites (tertiary alicyclic amines) is 1. The summed E-state index contributed by atoms with van der Waals surface area (Å²) in [7, 11) is 0. The number of hydrogen-bond acceptors (Lipinski definition) is 3. The fraction of sp³-hybridized carbons (Fsp3) is 0.579. The van der Waals surface area contributed by atoms with E-state index >= 15 is 0 Å². The quantitative estimate of drug-likeness (QED) is 0.773. The summed E-state index contributed by atoms with van der Waals surface area (Å²) < 4.78 is 0. The standard InChI is InChI=1S/C19H29N3O/c1-4-12-22(13-5-2)19(23)18-8-14-21(15-9-18)16(3)17-6-10-20-11-7-17/h6-7,10-11,18H,3-5,8-9,12-15H2,1-2H3. The molecule has 1 aromatic heterocycles. The molecule has 0 aromatic carbocycles.